The molecule has 6 heteroatoms. The standard InChI is InChI=1S/C23H42O6/c1-8-9-10-18-14(4)21(26)15(5)19(24)12(2)11-13(3)20(25)16(6)22(27)17(7)23(28)29-18/h12-18,20-22,25-27H,8-11H2,1-7H3/t12-,13+,14+,15+,16-,17-,18-,20+,21+,22+/m1/s1. The van der Waals surface area contributed by atoms with Crippen LogP contribution in [0.5, 0.6) is 0 Å². The number of esters is 1. The maximum atomic E-state index is 12.9. The van der Waals surface area contributed by atoms with E-state index < -0.39 is 54.1 Å². The minimum atomic E-state index is -1.06. The van der Waals surface area contributed by atoms with E-state index in [2.05, 4.69) is 0 Å². The van der Waals surface area contributed by atoms with Gasteiger partial charge in [0.1, 0.15) is 11.9 Å². The third-order valence-electron chi connectivity index (χ3n) is 6.95. The number of ether oxygens (including phenoxy) is 1. The summed E-state index contributed by atoms with van der Waals surface area (Å²) in [7, 11) is 0. The molecule has 0 aliphatic carbocycles. The van der Waals surface area contributed by atoms with Crippen molar-refractivity contribution < 1.29 is 29.6 Å². The highest BCUT2D eigenvalue weighted by atomic mass is 16.5. The van der Waals surface area contributed by atoms with Gasteiger partial charge in [-0.25, -0.2) is 0 Å². The lowest BCUT2D eigenvalue weighted by atomic mass is 9.77. The zero-order chi connectivity index (χ0) is 22.5. The van der Waals surface area contributed by atoms with Crippen LogP contribution in [0.15, 0.2) is 0 Å². The van der Waals surface area contributed by atoms with Crippen LogP contribution in [0.25, 0.3) is 0 Å². The maximum absolute atomic E-state index is 12.9. The van der Waals surface area contributed by atoms with Gasteiger partial charge in [-0.05, 0) is 25.7 Å². The number of cyclic esters (lactones) is 1. The van der Waals surface area contributed by atoms with Gasteiger partial charge in [0.05, 0.1) is 24.2 Å². The first-order chi connectivity index (χ1) is 13.4. The average molecular weight is 415 g/mol. The van der Waals surface area contributed by atoms with Gasteiger partial charge in [-0.1, -0.05) is 54.4 Å². The summed E-state index contributed by atoms with van der Waals surface area (Å²) in [5, 5.41) is 32.2. The molecule has 1 heterocycles. The predicted octanol–water partition coefficient (Wildman–Crippen LogP) is 2.96. The van der Waals surface area contributed by atoms with Crippen LogP contribution in [0.1, 0.15) is 74.1 Å². The molecule has 1 saturated heterocycles. The van der Waals surface area contributed by atoms with Gasteiger partial charge in [-0.2, -0.15) is 0 Å². The Bertz CT molecular complexity index is 535. The lowest BCUT2D eigenvalue weighted by molar-refractivity contribution is -0.166. The number of Topliss-reactive ketones (excluding diaryl/α,β-unsaturated/α-hetero) is 1. The molecule has 29 heavy (non-hydrogen) atoms. The zero-order valence-electron chi connectivity index (χ0n) is 19.2. The molecule has 10 atom stereocenters. The van der Waals surface area contributed by atoms with Crippen molar-refractivity contribution in [2.75, 3.05) is 0 Å². The van der Waals surface area contributed by atoms with Gasteiger partial charge >= 0.3 is 5.97 Å². The molecule has 1 rings (SSSR count). The number of unbranched alkanes of at least 4 members (excludes halogenated alkanes) is 1. The SMILES string of the molecule is CCCC[C@H]1OC(=O)[C@H](C)[C@@H](O)[C@H](C)[C@@H](O)[C@@H](C)C[C@@H](C)C(=O)[C@H](C)[C@@H](O)[C@H]1C. The number of ketones is 1. The fourth-order valence-corrected chi connectivity index (χ4v) is 4.51. The second-order valence-electron chi connectivity index (χ2n) is 9.40. The molecule has 0 aromatic heterocycles. The Balaban J connectivity index is 3.25. The summed E-state index contributed by atoms with van der Waals surface area (Å²) >= 11 is 0. The van der Waals surface area contributed by atoms with Crippen molar-refractivity contribution in [1.82, 2.24) is 0 Å². The summed E-state index contributed by atoms with van der Waals surface area (Å²) in [6.45, 7) is 12.6. The first-order valence-corrected chi connectivity index (χ1v) is 11.2. The first kappa shape index (κ1) is 26.1. The summed E-state index contributed by atoms with van der Waals surface area (Å²) in [6, 6.07) is 0. The number of carbonyl (C=O) groups is 2. The molecule has 0 radical (unpaired) electrons. The van der Waals surface area contributed by atoms with Crippen molar-refractivity contribution in [3.05, 3.63) is 0 Å². The molecular weight excluding hydrogens is 372 g/mol. The number of hydrogen-bond donors (Lipinski definition) is 3. The van der Waals surface area contributed by atoms with E-state index in [0.717, 1.165) is 12.8 Å². The molecule has 170 valence electrons. The van der Waals surface area contributed by atoms with Crippen molar-refractivity contribution in [3.63, 3.8) is 0 Å². The van der Waals surface area contributed by atoms with Crippen molar-refractivity contribution in [3.8, 4) is 0 Å². The predicted molar refractivity (Wildman–Crippen MR) is 112 cm³/mol. The van der Waals surface area contributed by atoms with Crippen LogP contribution < -0.4 is 0 Å². The minimum absolute atomic E-state index is 0.0532. The van der Waals surface area contributed by atoms with E-state index >= 15 is 0 Å². The Morgan fingerprint density at radius 3 is 1.97 bits per heavy atom. The molecule has 1 fully saturated rings. The van der Waals surface area contributed by atoms with E-state index in [1.54, 1.807) is 20.8 Å². The van der Waals surface area contributed by atoms with Gasteiger partial charge in [-0.3, -0.25) is 9.59 Å². The highest BCUT2D eigenvalue weighted by molar-refractivity contribution is 5.83. The van der Waals surface area contributed by atoms with E-state index in [-0.39, 0.29) is 17.6 Å². The summed E-state index contributed by atoms with van der Waals surface area (Å²) in [6.07, 6.45) is -0.566. The Labute approximate surface area is 176 Å². The Morgan fingerprint density at radius 2 is 1.41 bits per heavy atom. The summed E-state index contributed by atoms with van der Waals surface area (Å²) in [4.78, 5) is 25.6. The van der Waals surface area contributed by atoms with Crippen LogP contribution in [-0.2, 0) is 14.3 Å². The third kappa shape index (κ3) is 6.50. The number of hydrogen-bond acceptors (Lipinski definition) is 6. The topological polar surface area (TPSA) is 104 Å². The zero-order valence-corrected chi connectivity index (χ0v) is 19.2. The average Bonchev–Trinajstić information content (AvgIpc) is 2.71. The minimum Gasteiger partial charge on any atom is -0.462 e. The normalized spacial score (nSPS) is 43.5. The molecular formula is C23H42O6. The molecule has 0 amide bonds. The Kier molecular flexibility index (Phi) is 10.3. The molecule has 1 aliphatic rings. The second-order valence-corrected chi connectivity index (χ2v) is 9.40. The summed E-state index contributed by atoms with van der Waals surface area (Å²) in [5.74, 6) is -3.45. The van der Waals surface area contributed by atoms with Gasteiger partial charge < -0.3 is 20.1 Å². The highest BCUT2D eigenvalue weighted by Gasteiger charge is 2.40. The highest BCUT2D eigenvalue weighted by Crippen LogP contribution is 2.31. The lowest BCUT2D eigenvalue weighted by Gasteiger charge is -2.36. The fraction of sp³-hybridized carbons (Fsp3) is 0.913. The molecule has 0 bridgehead atoms. The van der Waals surface area contributed by atoms with Crippen LogP contribution >= 0.6 is 0 Å². The van der Waals surface area contributed by atoms with Crippen LogP contribution in [0.3, 0.4) is 0 Å². The molecule has 0 saturated carbocycles. The molecule has 1 aliphatic heterocycles. The van der Waals surface area contributed by atoms with Crippen LogP contribution in [0.4, 0.5) is 0 Å². The smallest absolute Gasteiger partial charge is 0.311 e. The number of aliphatic hydroxyl groups is 3. The van der Waals surface area contributed by atoms with Crippen molar-refractivity contribution in [1.29, 1.82) is 0 Å². The van der Waals surface area contributed by atoms with Gasteiger partial charge in [-0.15, -0.1) is 0 Å². The van der Waals surface area contributed by atoms with Crippen molar-refractivity contribution in [2.24, 2.45) is 35.5 Å². The second kappa shape index (κ2) is 11.4. The van der Waals surface area contributed by atoms with E-state index in [0.29, 0.717) is 12.8 Å². The molecule has 0 aromatic carbocycles. The number of rotatable bonds is 3. The molecule has 0 aromatic rings. The quantitative estimate of drug-likeness (QED) is 0.614. The first-order valence-electron chi connectivity index (χ1n) is 11.2. The van der Waals surface area contributed by atoms with Gasteiger partial charge in [0.25, 0.3) is 0 Å². The van der Waals surface area contributed by atoms with Gasteiger partial charge in [0, 0.05) is 23.7 Å². The monoisotopic (exact) mass is 414 g/mol. The van der Waals surface area contributed by atoms with E-state index in [9.17, 15) is 24.9 Å². The maximum Gasteiger partial charge on any atom is 0.311 e. The summed E-state index contributed by atoms with van der Waals surface area (Å²) in [5.41, 5.74) is 0. The Morgan fingerprint density at radius 1 is 0.862 bits per heavy atom. The number of carbonyl (C=O) groups excluding carboxylic acids is 2. The molecule has 6 nitrogen and oxygen atoms in total. The summed E-state index contributed by atoms with van der Waals surface area (Å²) < 4.78 is 5.73. The van der Waals surface area contributed by atoms with Crippen LogP contribution in [-0.4, -0.2) is 51.5 Å². The molecule has 3 N–H and O–H groups in total. The largest absolute Gasteiger partial charge is 0.462 e. The van der Waals surface area contributed by atoms with E-state index in [1.165, 1.54) is 0 Å². The number of aliphatic hydroxyl groups excluding tert-OH is 3. The molecule has 0 unspecified atom stereocenters. The Hall–Kier alpha value is -0.980. The lowest BCUT2D eigenvalue weighted by Crippen LogP contribution is -2.45. The van der Waals surface area contributed by atoms with Gasteiger partial charge in [0.2, 0.25) is 0 Å². The van der Waals surface area contributed by atoms with Crippen molar-refractivity contribution >= 4 is 11.8 Å². The van der Waals surface area contributed by atoms with Gasteiger partial charge in [0.15, 0.2) is 0 Å². The third-order valence-corrected chi connectivity index (χ3v) is 6.95. The van der Waals surface area contributed by atoms with E-state index in [1.807, 2.05) is 27.7 Å². The van der Waals surface area contributed by atoms with Crippen molar-refractivity contribution in [2.45, 2.75) is 98.6 Å². The van der Waals surface area contributed by atoms with Crippen LogP contribution in [0, 0.1) is 35.5 Å². The van der Waals surface area contributed by atoms with E-state index in [4.69, 9.17) is 4.74 Å². The van der Waals surface area contributed by atoms with Crippen LogP contribution in [0.2, 0.25) is 0 Å². The molecule has 0 spiro atoms. The fourth-order valence-electron chi connectivity index (χ4n) is 4.51.